The Balaban J connectivity index is 2.04. The lowest BCUT2D eigenvalue weighted by molar-refractivity contribution is -0.128. The molecule has 1 amide bonds. The van der Waals surface area contributed by atoms with Crippen LogP contribution >= 0.6 is 0 Å². The van der Waals surface area contributed by atoms with Gasteiger partial charge in [-0.25, -0.2) is 0 Å². The van der Waals surface area contributed by atoms with Crippen molar-refractivity contribution in [3.05, 3.63) is 59.2 Å². The van der Waals surface area contributed by atoms with Crippen LogP contribution in [0, 0.1) is 24.2 Å². The van der Waals surface area contributed by atoms with Gasteiger partial charge in [0.25, 0.3) is 5.91 Å². The highest BCUT2D eigenvalue weighted by molar-refractivity contribution is 5.81. The van der Waals surface area contributed by atoms with E-state index in [1.165, 1.54) is 0 Å². The Morgan fingerprint density at radius 1 is 1.15 bits per heavy atom. The third kappa shape index (κ3) is 6.03. The summed E-state index contributed by atoms with van der Waals surface area (Å²) in [5.74, 6) is 1.53. The summed E-state index contributed by atoms with van der Waals surface area (Å²) >= 11 is 0. The van der Waals surface area contributed by atoms with E-state index in [9.17, 15) is 4.79 Å². The zero-order valence-electron chi connectivity index (χ0n) is 16.3. The van der Waals surface area contributed by atoms with Crippen molar-refractivity contribution in [2.75, 3.05) is 7.11 Å². The lowest BCUT2D eigenvalue weighted by atomic mass is 10.0. The molecule has 0 aromatic heterocycles. The number of nitrogens with one attached hydrogen (secondary N) is 1. The Hall–Kier alpha value is -3.00. The van der Waals surface area contributed by atoms with Crippen LogP contribution in [0.2, 0.25) is 0 Å². The molecule has 0 aliphatic heterocycles. The molecule has 2 rings (SSSR count). The highest BCUT2D eigenvalue weighted by Gasteiger charge is 2.22. The fourth-order valence-electron chi connectivity index (χ4n) is 2.68. The third-order valence-corrected chi connectivity index (χ3v) is 4.20. The smallest absolute Gasteiger partial charge is 0.261 e. The number of amides is 1. The quantitative estimate of drug-likeness (QED) is 0.767. The van der Waals surface area contributed by atoms with Gasteiger partial charge in [-0.1, -0.05) is 26.0 Å². The van der Waals surface area contributed by atoms with Gasteiger partial charge in [-0.2, -0.15) is 5.26 Å². The molecule has 0 spiro atoms. The summed E-state index contributed by atoms with van der Waals surface area (Å²) in [7, 11) is 1.62. The van der Waals surface area contributed by atoms with Crippen molar-refractivity contribution in [2.24, 2.45) is 5.92 Å². The molecule has 0 fully saturated rings. The minimum absolute atomic E-state index is 0.151. The molecular formula is C22H26N2O3. The van der Waals surface area contributed by atoms with Crippen molar-refractivity contribution in [3.63, 3.8) is 0 Å². The van der Waals surface area contributed by atoms with Crippen molar-refractivity contribution < 1.29 is 14.3 Å². The Kier molecular flexibility index (Phi) is 7.25. The Morgan fingerprint density at radius 2 is 1.81 bits per heavy atom. The first-order valence-corrected chi connectivity index (χ1v) is 9.01. The molecule has 5 nitrogen and oxygen atoms in total. The van der Waals surface area contributed by atoms with Crippen LogP contribution < -0.4 is 14.8 Å². The monoisotopic (exact) mass is 366 g/mol. The van der Waals surface area contributed by atoms with Gasteiger partial charge in [0, 0.05) is 6.54 Å². The molecule has 0 heterocycles. The van der Waals surface area contributed by atoms with Gasteiger partial charge in [0.05, 0.1) is 18.7 Å². The molecule has 0 aliphatic rings. The number of carbonyl (C=O) groups excluding carboxylic acids is 1. The van der Waals surface area contributed by atoms with E-state index in [4.69, 9.17) is 14.7 Å². The Morgan fingerprint density at radius 3 is 2.37 bits per heavy atom. The molecule has 0 saturated carbocycles. The number of hydrogen-bond donors (Lipinski definition) is 1. The first kappa shape index (κ1) is 20.3. The minimum atomic E-state index is -0.587. The van der Waals surface area contributed by atoms with Gasteiger partial charge in [-0.3, -0.25) is 4.79 Å². The number of nitrogens with zero attached hydrogens (tertiary/aromatic N) is 1. The summed E-state index contributed by atoms with van der Waals surface area (Å²) < 4.78 is 11.1. The maximum Gasteiger partial charge on any atom is 0.261 e. The molecular weight excluding hydrogens is 340 g/mol. The van der Waals surface area contributed by atoms with Crippen molar-refractivity contribution in [1.82, 2.24) is 5.32 Å². The number of rotatable bonds is 8. The third-order valence-electron chi connectivity index (χ3n) is 4.20. The second-order valence-corrected chi connectivity index (χ2v) is 6.89. The predicted molar refractivity (Wildman–Crippen MR) is 105 cm³/mol. The average molecular weight is 366 g/mol. The first-order chi connectivity index (χ1) is 12.9. The first-order valence-electron chi connectivity index (χ1n) is 9.01. The maximum atomic E-state index is 12.7. The van der Waals surface area contributed by atoms with Crippen LogP contribution in [-0.4, -0.2) is 19.1 Å². The van der Waals surface area contributed by atoms with Gasteiger partial charge < -0.3 is 14.8 Å². The SMILES string of the molecule is COc1ccc(CNC(=O)C(CC(C)C)Oc2ccc(C#N)c(C)c2)cc1. The number of ether oxygens (including phenoxy) is 2. The molecule has 0 radical (unpaired) electrons. The Labute approximate surface area is 160 Å². The van der Waals surface area contributed by atoms with E-state index in [0.29, 0.717) is 30.2 Å². The predicted octanol–water partition coefficient (Wildman–Crippen LogP) is 3.99. The zero-order chi connectivity index (χ0) is 19.8. The molecule has 0 bridgehead atoms. The highest BCUT2D eigenvalue weighted by Crippen LogP contribution is 2.20. The summed E-state index contributed by atoms with van der Waals surface area (Å²) in [4.78, 5) is 12.7. The van der Waals surface area contributed by atoms with E-state index in [-0.39, 0.29) is 5.91 Å². The number of benzene rings is 2. The van der Waals surface area contributed by atoms with Gasteiger partial charge in [0.1, 0.15) is 11.5 Å². The summed E-state index contributed by atoms with van der Waals surface area (Å²) in [5.41, 5.74) is 2.42. The van der Waals surface area contributed by atoms with E-state index in [1.54, 1.807) is 25.3 Å². The second kappa shape index (κ2) is 9.63. The molecule has 27 heavy (non-hydrogen) atoms. The summed E-state index contributed by atoms with van der Waals surface area (Å²) in [6, 6.07) is 14.9. The van der Waals surface area contributed by atoms with Gasteiger partial charge in [-0.15, -0.1) is 0 Å². The van der Waals surface area contributed by atoms with E-state index < -0.39 is 6.10 Å². The molecule has 2 aromatic rings. The molecule has 0 saturated heterocycles. The summed E-state index contributed by atoms with van der Waals surface area (Å²) in [6.07, 6.45) is 0.0172. The summed E-state index contributed by atoms with van der Waals surface area (Å²) in [6.45, 7) is 6.38. The molecule has 142 valence electrons. The highest BCUT2D eigenvalue weighted by atomic mass is 16.5. The number of aryl methyl sites for hydroxylation is 1. The van der Waals surface area contributed by atoms with Crippen LogP contribution in [-0.2, 0) is 11.3 Å². The van der Waals surface area contributed by atoms with Crippen LogP contribution in [0.25, 0.3) is 0 Å². The van der Waals surface area contributed by atoms with Crippen LogP contribution in [0.4, 0.5) is 0 Å². The standard InChI is InChI=1S/C22H26N2O3/c1-15(2)11-21(27-20-10-7-18(13-23)16(3)12-20)22(25)24-14-17-5-8-19(26-4)9-6-17/h5-10,12,15,21H,11,14H2,1-4H3,(H,24,25). The second-order valence-electron chi connectivity index (χ2n) is 6.89. The zero-order valence-corrected chi connectivity index (χ0v) is 16.3. The number of nitriles is 1. The molecule has 5 heteroatoms. The lowest BCUT2D eigenvalue weighted by Crippen LogP contribution is -2.39. The largest absolute Gasteiger partial charge is 0.497 e. The van der Waals surface area contributed by atoms with Crippen LogP contribution in [0.3, 0.4) is 0 Å². The van der Waals surface area contributed by atoms with Crippen molar-refractivity contribution >= 4 is 5.91 Å². The molecule has 1 atom stereocenters. The minimum Gasteiger partial charge on any atom is -0.497 e. The van der Waals surface area contributed by atoms with Crippen LogP contribution in [0.1, 0.15) is 37.0 Å². The fraction of sp³-hybridized carbons (Fsp3) is 0.364. The number of carbonyl (C=O) groups is 1. The topological polar surface area (TPSA) is 71.3 Å². The molecule has 2 aromatic carbocycles. The van der Waals surface area contributed by atoms with Crippen molar-refractivity contribution in [3.8, 4) is 17.6 Å². The van der Waals surface area contributed by atoms with Crippen molar-refractivity contribution in [2.45, 2.75) is 39.8 Å². The lowest BCUT2D eigenvalue weighted by Gasteiger charge is -2.21. The number of hydrogen-bond acceptors (Lipinski definition) is 4. The average Bonchev–Trinajstić information content (AvgIpc) is 2.65. The Bertz CT molecular complexity index is 807. The van der Waals surface area contributed by atoms with Gasteiger partial charge in [-0.05, 0) is 60.7 Å². The molecule has 0 aliphatic carbocycles. The van der Waals surface area contributed by atoms with Gasteiger partial charge in [0.15, 0.2) is 6.10 Å². The summed E-state index contributed by atoms with van der Waals surface area (Å²) in [5, 5.41) is 12.0. The van der Waals surface area contributed by atoms with Crippen LogP contribution in [0.15, 0.2) is 42.5 Å². The van der Waals surface area contributed by atoms with E-state index in [1.807, 2.05) is 31.2 Å². The van der Waals surface area contributed by atoms with E-state index in [0.717, 1.165) is 16.9 Å². The van der Waals surface area contributed by atoms with E-state index in [2.05, 4.69) is 25.2 Å². The van der Waals surface area contributed by atoms with E-state index >= 15 is 0 Å². The maximum absolute atomic E-state index is 12.7. The van der Waals surface area contributed by atoms with Crippen molar-refractivity contribution in [1.29, 1.82) is 5.26 Å². The number of methoxy groups -OCH3 is 1. The van der Waals surface area contributed by atoms with Gasteiger partial charge in [0.2, 0.25) is 0 Å². The van der Waals surface area contributed by atoms with Gasteiger partial charge >= 0.3 is 0 Å². The molecule has 1 unspecified atom stereocenters. The normalized spacial score (nSPS) is 11.6. The molecule has 1 N–H and O–H groups in total. The fourth-order valence-corrected chi connectivity index (χ4v) is 2.68. The van der Waals surface area contributed by atoms with Crippen LogP contribution in [0.5, 0.6) is 11.5 Å².